The molecule has 1 aliphatic carbocycles. The number of aromatic nitrogens is 2. The van der Waals surface area contributed by atoms with Gasteiger partial charge in [0.05, 0.1) is 23.7 Å². The Kier molecular flexibility index (Phi) is 7.17. The van der Waals surface area contributed by atoms with E-state index in [1.54, 1.807) is 22.9 Å². The number of hydrogen-bond donors (Lipinski definition) is 2. The highest BCUT2D eigenvalue weighted by Crippen LogP contribution is 2.35. The summed E-state index contributed by atoms with van der Waals surface area (Å²) >= 11 is 0. The van der Waals surface area contributed by atoms with Gasteiger partial charge in [0, 0.05) is 6.54 Å². The maximum atomic E-state index is 14.9. The Balaban J connectivity index is 1.44. The van der Waals surface area contributed by atoms with Crippen LogP contribution in [0.2, 0.25) is 0 Å². The van der Waals surface area contributed by atoms with Crippen LogP contribution < -0.4 is 11.1 Å². The quantitative estimate of drug-likeness (QED) is 0.303. The monoisotopic (exact) mass is 498 g/mol. The lowest BCUT2D eigenvalue weighted by Gasteiger charge is -2.20. The second-order valence-electron chi connectivity index (χ2n) is 9.72. The van der Waals surface area contributed by atoms with E-state index in [4.69, 9.17) is 10.5 Å². The van der Waals surface area contributed by atoms with Crippen LogP contribution >= 0.6 is 0 Å². The summed E-state index contributed by atoms with van der Waals surface area (Å²) in [5.74, 6) is -0.399. The highest BCUT2D eigenvalue weighted by Gasteiger charge is 2.25. The zero-order chi connectivity index (χ0) is 25.9. The number of anilines is 1. The number of nitrogens with zero attached hydrogens (tertiary/aromatic N) is 2. The Bertz CT molecular complexity index is 1430. The van der Waals surface area contributed by atoms with Crippen LogP contribution in [0.5, 0.6) is 0 Å². The number of nitrogens with one attached hydrogen (secondary N) is 1. The number of nitrogens with two attached hydrogens (primary N) is 1. The summed E-state index contributed by atoms with van der Waals surface area (Å²) in [5, 5.41) is 7.24. The van der Waals surface area contributed by atoms with Gasteiger partial charge in [0.25, 0.3) is 5.91 Å². The van der Waals surface area contributed by atoms with Crippen LogP contribution in [-0.4, -0.2) is 22.3 Å². The standard InChI is InChI=1S/C30H31FN4O2/c1-19-5-3-7-23(13-19)29(37-18-21-9-10-21)24-11-12-26(31)27(16-24)33-30(36)28-14-20(2)34-35(28)25-8-4-6-22(15-25)17-32/h3-8,11-16,21,29H,9-10,17-18,32H2,1-2H3,(H,33,36). The van der Waals surface area contributed by atoms with Gasteiger partial charge in [0.15, 0.2) is 0 Å². The molecule has 1 unspecified atom stereocenters. The molecule has 6 nitrogen and oxygen atoms in total. The van der Waals surface area contributed by atoms with Gasteiger partial charge >= 0.3 is 0 Å². The summed E-state index contributed by atoms with van der Waals surface area (Å²) < 4.78 is 22.8. The summed E-state index contributed by atoms with van der Waals surface area (Å²) in [6.45, 7) is 4.87. The molecule has 1 aromatic heterocycles. The van der Waals surface area contributed by atoms with Gasteiger partial charge in [0.2, 0.25) is 0 Å². The summed E-state index contributed by atoms with van der Waals surface area (Å²) in [6, 6.07) is 22.1. The molecule has 3 N–H and O–H groups in total. The fourth-order valence-electron chi connectivity index (χ4n) is 4.40. The average molecular weight is 499 g/mol. The maximum absolute atomic E-state index is 14.9. The Morgan fingerprint density at radius 3 is 2.62 bits per heavy atom. The van der Waals surface area contributed by atoms with E-state index in [0.29, 0.717) is 36.1 Å². The molecule has 4 aromatic rings. The van der Waals surface area contributed by atoms with Gasteiger partial charge in [-0.25, -0.2) is 9.07 Å². The minimum atomic E-state index is -0.518. The molecule has 1 heterocycles. The number of benzene rings is 3. The molecule has 0 radical (unpaired) electrons. The fraction of sp³-hybridized carbons (Fsp3) is 0.267. The van der Waals surface area contributed by atoms with Gasteiger partial charge in [0.1, 0.15) is 17.6 Å². The summed E-state index contributed by atoms with van der Waals surface area (Å²) in [5.41, 5.74) is 11.4. The molecule has 5 rings (SSSR count). The van der Waals surface area contributed by atoms with Crippen LogP contribution in [-0.2, 0) is 11.3 Å². The van der Waals surface area contributed by atoms with Crippen molar-refractivity contribution in [2.24, 2.45) is 11.7 Å². The predicted octanol–water partition coefficient (Wildman–Crippen LogP) is 5.86. The zero-order valence-corrected chi connectivity index (χ0v) is 21.1. The lowest BCUT2D eigenvalue weighted by atomic mass is 9.99. The van der Waals surface area contributed by atoms with Crippen molar-refractivity contribution in [2.45, 2.75) is 39.3 Å². The van der Waals surface area contributed by atoms with Crippen molar-refractivity contribution in [2.75, 3.05) is 11.9 Å². The normalized spacial score (nSPS) is 13.9. The van der Waals surface area contributed by atoms with Crippen LogP contribution in [0.4, 0.5) is 10.1 Å². The van der Waals surface area contributed by atoms with Crippen LogP contribution in [0, 0.1) is 25.6 Å². The van der Waals surface area contributed by atoms with Gasteiger partial charge in [-0.05, 0) is 79.6 Å². The SMILES string of the molecule is Cc1cccc(C(OCC2CC2)c2ccc(F)c(NC(=O)c3cc(C)nn3-c3cccc(CN)c3)c2)c1. The Hall–Kier alpha value is -3.81. The van der Waals surface area contributed by atoms with E-state index in [0.717, 1.165) is 22.3 Å². The van der Waals surface area contributed by atoms with E-state index < -0.39 is 11.7 Å². The van der Waals surface area contributed by atoms with Crippen LogP contribution in [0.15, 0.2) is 72.8 Å². The van der Waals surface area contributed by atoms with Crippen molar-refractivity contribution in [3.05, 3.63) is 112 Å². The summed E-state index contributed by atoms with van der Waals surface area (Å²) in [6.07, 6.45) is 1.99. The molecular weight excluding hydrogens is 467 g/mol. The van der Waals surface area contributed by atoms with E-state index in [1.807, 2.05) is 56.3 Å². The number of halogens is 1. The first-order chi connectivity index (χ1) is 17.9. The molecular formula is C30H31FN4O2. The first-order valence-corrected chi connectivity index (χ1v) is 12.6. The second kappa shape index (κ2) is 10.7. The van der Waals surface area contributed by atoms with E-state index in [1.165, 1.54) is 18.9 Å². The van der Waals surface area contributed by atoms with Crippen molar-refractivity contribution in [3.8, 4) is 5.69 Å². The predicted molar refractivity (Wildman–Crippen MR) is 142 cm³/mol. The van der Waals surface area contributed by atoms with E-state index in [-0.39, 0.29) is 11.8 Å². The molecule has 190 valence electrons. The van der Waals surface area contributed by atoms with Crippen LogP contribution in [0.3, 0.4) is 0 Å². The third-order valence-electron chi connectivity index (χ3n) is 6.54. The number of ether oxygens (including phenoxy) is 1. The van der Waals surface area contributed by atoms with Crippen molar-refractivity contribution >= 4 is 11.6 Å². The lowest BCUT2D eigenvalue weighted by molar-refractivity contribution is 0.0717. The van der Waals surface area contributed by atoms with Crippen molar-refractivity contribution in [1.82, 2.24) is 9.78 Å². The minimum Gasteiger partial charge on any atom is -0.368 e. The molecule has 1 saturated carbocycles. The zero-order valence-electron chi connectivity index (χ0n) is 21.1. The minimum absolute atomic E-state index is 0.0938. The lowest BCUT2D eigenvalue weighted by Crippen LogP contribution is -2.18. The summed E-state index contributed by atoms with van der Waals surface area (Å²) in [4.78, 5) is 13.4. The van der Waals surface area contributed by atoms with Gasteiger partial charge < -0.3 is 15.8 Å². The van der Waals surface area contributed by atoms with Gasteiger partial charge in [-0.2, -0.15) is 5.10 Å². The Morgan fingerprint density at radius 1 is 1.08 bits per heavy atom. The van der Waals surface area contributed by atoms with E-state index in [2.05, 4.69) is 16.5 Å². The first kappa shape index (κ1) is 24.9. The topological polar surface area (TPSA) is 82.2 Å². The molecule has 0 bridgehead atoms. The van der Waals surface area contributed by atoms with E-state index >= 15 is 0 Å². The third kappa shape index (κ3) is 5.79. The largest absolute Gasteiger partial charge is 0.368 e. The van der Waals surface area contributed by atoms with Crippen molar-refractivity contribution < 1.29 is 13.9 Å². The van der Waals surface area contributed by atoms with Crippen LogP contribution in [0.1, 0.15) is 57.4 Å². The molecule has 1 aliphatic rings. The summed E-state index contributed by atoms with van der Waals surface area (Å²) in [7, 11) is 0. The number of carbonyl (C=O) groups is 1. The second-order valence-corrected chi connectivity index (χ2v) is 9.72. The highest BCUT2D eigenvalue weighted by atomic mass is 19.1. The molecule has 37 heavy (non-hydrogen) atoms. The molecule has 1 fully saturated rings. The molecule has 7 heteroatoms. The number of carbonyl (C=O) groups excluding carboxylic acids is 1. The van der Waals surface area contributed by atoms with E-state index in [9.17, 15) is 9.18 Å². The van der Waals surface area contributed by atoms with Crippen molar-refractivity contribution in [3.63, 3.8) is 0 Å². The Labute approximate surface area is 216 Å². The molecule has 0 spiro atoms. The van der Waals surface area contributed by atoms with Crippen LogP contribution in [0.25, 0.3) is 5.69 Å². The van der Waals surface area contributed by atoms with Gasteiger partial charge in [-0.1, -0.05) is 48.0 Å². The number of hydrogen-bond acceptors (Lipinski definition) is 4. The number of amides is 1. The molecule has 0 aliphatic heterocycles. The third-order valence-corrected chi connectivity index (χ3v) is 6.54. The number of aryl methyl sites for hydroxylation is 2. The molecule has 3 aromatic carbocycles. The van der Waals surface area contributed by atoms with Gasteiger partial charge in [-0.15, -0.1) is 0 Å². The van der Waals surface area contributed by atoms with Crippen molar-refractivity contribution in [1.29, 1.82) is 0 Å². The highest BCUT2D eigenvalue weighted by molar-refractivity contribution is 6.03. The average Bonchev–Trinajstić information content (AvgIpc) is 3.64. The fourth-order valence-corrected chi connectivity index (χ4v) is 4.40. The smallest absolute Gasteiger partial charge is 0.274 e. The number of rotatable bonds is 9. The van der Waals surface area contributed by atoms with Gasteiger partial charge in [-0.3, -0.25) is 4.79 Å². The first-order valence-electron chi connectivity index (χ1n) is 12.6. The molecule has 1 amide bonds. The Morgan fingerprint density at radius 2 is 1.86 bits per heavy atom. The maximum Gasteiger partial charge on any atom is 0.274 e. The molecule has 1 atom stereocenters. The molecule has 0 saturated heterocycles.